The SMILES string of the molecule is CC1(C)OB(c2ccc(C(=O)N3CCN(Cc4ccc(F)cc4)CC3)cc2)OC1(C)C. The Bertz CT molecular complexity index is 907. The van der Waals surface area contributed by atoms with Crippen LogP contribution in [-0.4, -0.2) is 60.2 Å². The van der Waals surface area contributed by atoms with E-state index in [-0.39, 0.29) is 22.9 Å². The van der Waals surface area contributed by atoms with Crippen molar-refractivity contribution in [2.24, 2.45) is 0 Å². The van der Waals surface area contributed by atoms with Crippen LogP contribution in [0.2, 0.25) is 0 Å². The van der Waals surface area contributed by atoms with Gasteiger partial charge in [0.2, 0.25) is 0 Å². The Labute approximate surface area is 184 Å². The van der Waals surface area contributed by atoms with E-state index in [0.717, 1.165) is 30.7 Å². The van der Waals surface area contributed by atoms with Crippen LogP contribution in [0.1, 0.15) is 43.6 Å². The lowest BCUT2D eigenvalue weighted by Gasteiger charge is -2.34. The van der Waals surface area contributed by atoms with Crippen LogP contribution >= 0.6 is 0 Å². The van der Waals surface area contributed by atoms with Crippen LogP contribution in [0.15, 0.2) is 48.5 Å². The Morgan fingerprint density at radius 3 is 2.00 bits per heavy atom. The van der Waals surface area contributed by atoms with Crippen LogP contribution in [0.4, 0.5) is 4.39 Å². The minimum atomic E-state index is -0.427. The molecule has 31 heavy (non-hydrogen) atoms. The Hall–Kier alpha value is -2.22. The summed E-state index contributed by atoms with van der Waals surface area (Å²) < 4.78 is 25.3. The fourth-order valence-electron chi connectivity index (χ4n) is 3.90. The number of piperazine rings is 1. The second-order valence-electron chi connectivity index (χ2n) is 9.41. The Kier molecular flexibility index (Phi) is 5.94. The molecule has 0 aliphatic carbocycles. The van der Waals surface area contributed by atoms with Crippen LogP contribution in [0.5, 0.6) is 0 Å². The van der Waals surface area contributed by atoms with Crippen LogP contribution < -0.4 is 5.46 Å². The van der Waals surface area contributed by atoms with Crippen LogP contribution in [0.25, 0.3) is 0 Å². The van der Waals surface area contributed by atoms with E-state index >= 15 is 0 Å². The average molecular weight is 424 g/mol. The van der Waals surface area contributed by atoms with Gasteiger partial charge in [0, 0.05) is 38.3 Å². The molecule has 0 N–H and O–H groups in total. The molecule has 0 bridgehead atoms. The number of amides is 1. The third-order valence-electron chi connectivity index (χ3n) is 6.66. The van der Waals surface area contributed by atoms with E-state index in [1.54, 1.807) is 0 Å². The van der Waals surface area contributed by atoms with Crippen LogP contribution in [0, 0.1) is 5.82 Å². The highest BCUT2D eigenvalue weighted by atomic mass is 19.1. The summed E-state index contributed by atoms with van der Waals surface area (Å²) >= 11 is 0. The molecule has 164 valence electrons. The molecule has 2 fully saturated rings. The van der Waals surface area contributed by atoms with Gasteiger partial charge in [-0.3, -0.25) is 9.69 Å². The topological polar surface area (TPSA) is 42.0 Å². The number of nitrogens with zero attached hydrogens (tertiary/aromatic N) is 2. The van der Waals surface area contributed by atoms with Crippen molar-refractivity contribution in [3.8, 4) is 0 Å². The maximum absolute atomic E-state index is 13.1. The molecule has 2 aromatic rings. The van der Waals surface area contributed by atoms with Crippen molar-refractivity contribution in [3.63, 3.8) is 0 Å². The molecular formula is C24H30BFN2O3. The maximum atomic E-state index is 13.1. The van der Waals surface area contributed by atoms with Gasteiger partial charge in [-0.1, -0.05) is 24.3 Å². The van der Waals surface area contributed by atoms with E-state index in [2.05, 4.69) is 4.90 Å². The van der Waals surface area contributed by atoms with Gasteiger partial charge in [-0.2, -0.15) is 0 Å². The second kappa shape index (κ2) is 8.38. The molecular weight excluding hydrogens is 394 g/mol. The lowest BCUT2D eigenvalue weighted by Crippen LogP contribution is -2.48. The van der Waals surface area contributed by atoms with Gasteiger partial charge >= 0.3 is 7.12 Å². The molecule has 0 saturated carbocycles. The Morgan fingerprint density at radius 1 is 0.903 bits per heavy atom. The van der Waals surface area contributed by atoms with Crippen molar-refractivity contribution in [3.05, 3.63) is 65.5 Å². The minimum Gasteiger partial charge on any atom is -0.399 e. The fourth-order valence-corrected chi connectivity index (χ4v) is 3.90. The number of benzene rings is 2. The number of halogens is 1. The summed E-state index contributed by atoms with van der Waals surface area (Å²) in [6.45, 7) is 11.8. The van der Waals surface area contributed by atoms with Gasteiger partial charge in [-0.05, 0) is 63.0 Å². The Balaban J connectivity index is 1.33. The van der Waals surface area contributed by atoms with Gasteiger partial charge in [0.05, 0.1) is 11.2 Å². The summed E-state index contributed by atoms with van der Waals surface area (Å²) in [6.07, 6.45) is 0. The van der Waals surface area contributed by atoms with Crippen molar-refractivity contribution < 1.29 is 18.5 Å². The fraction of sp³-hybridized carbons (Fsp3) is 0.458. The van der Waals surface area contributed by atoms with Crippen molar-refractivity contribution >= 4 is 18.5 Å². The summed E-state index contributed by atoms with van der Waals surface area (Å²) in [6, 6.07) is 14.1. The van der Waals surface area contributed by atoms with Gasteiger partial charge in [-0.15, -0.1) is 0 Å². The number of carbonyl (C=O) groups is 1. The smallest absolute Gasteiger partial charge is 0.399 e. The van der Waals surface area contributed by atoms with E-state index in [0.29, 0.717) is 18.7 Å². The summed E-state index contributed by atoms with van der Waals surface area (Å²) in [5.41, 5.74) is 1.89. The van der Waals surface area contributed by atoms with Gasteiger partial charge in [-0.25, -0.2) is 4.39 Å². The lowest BCUT2D eigenvalue weighted by molar-refractivity contribution is 0.00578. The van der Waals surface area contributed by atoms with E-state index < -0.39 is 7.12 Å². The third kappa shape index (κ3) is 4.69. The van der Waals surface area contributed by atoms with Crippen LogP contribution in [0.3, 0.4) is 0 Å². The first-order valence-electron chi connectivity index (χ1n) is 10.9. The summed E-state index contributed by atoms with van der Waals surface area (Å²) in [5, 5.41) is 0. The molecule has 4 rings (SSSR count). The van der Waals surface area contributed by atoms with E-state index in [1.807, 2.05) is 69.0 Å². The van der Waals surface area contributed by atoms with Crippen LogP contribution in [-0.2, 0) is 15.9 Å². The van der Waals surface area contributed by atoms with Gasteiger partial charge in [0.1, 0.15) is 5.82 Å². The standard InChI is InChI=1S/C24H30BFN2O3/c1-23(2)24(3,4)31-25(30-23)20-9-7-19(8-10-20)22(29)28-15-13-27(14-16-28)17-18-5-11-21(26)12-6-18/h5-12H,13-17H2,1-4H3. The van der Waals surface area contributed by atoms with Gasteiger partial charge < -0.3 is 14.2 Å². The normalized spacial score (nSPS) is 20.8. The number of carbonyl (C=O) groups excluding carboxylic acids is 1. The monoisotopic (exact) mass is 424 g/mol. The molecule has 0 radical (unpaired) electrons. The zero-order valence-corrected chi connectivity index (χ0v) is 18.7. The van der Waals surface area contributed by atoms with Gasteiger partial charge in [0.25, 0.3) is 5.91 Å². The molecule has 0 atom stereocenters. The number of hydrogen-bond acceptors (Lipinski definition) is 4. The molecule has 5 nitrogen and oxygen atoms in total. The third-order valence-corrected chi connectivity index (χ3v) is 6.66. The molecule has 2 heterocycles. The molecule has 2 aromatic carbocycles. The highest BCUT2D eigenvalue weighted by Crippen LogP contribution is 2.36. The van der Waals surface area contributed by atoms with Crippen molar-refractivity contribution in [1.82, 2.24) is 9.80 Å². The van der Waals surface area contributed by atoms with Crippen molar-refractivity contribution in [2.45, 2.75) is 45.4 Å². The first-order valence-corrected chi connectivity index (χ1v) is 10.9. The largest absolute Gasteiger partial charge is 0.494 e. The molecule has 0 aromatic heterocycles. The second-order valence-corrected chi connectivity index (χ2v) is 9.41. The predicted molar refractivity (Wildman–Crippen MR) is 120 cm³/mol. The number of hydrogen-bond donors (Lipinski definition) is 0. The molecule has 1 amide bonds. The Morgan fingerprint density at radius 2 is 1.45 bits per heavy atom. The molecule has 0 unspecified atom stereocenters. The lowest BCUT2D eigenvalue weighted by atomic mass is 9.79. The van der Waals surface area contributed by atoms with Gasteiger partial charge in [0.15, 0.2) is 0 Å². The quantitative estimate of drug-likeness (QED) is 0.708. The summed E-state index contributed by atoms with van der Waals surface area (Å²) in [4.78, 5) is 17.1. The van der Waals surface area contributed by atoms with E-state index in [9.17, 15) is 9.18 Å². The van der Waals surface area contributed by atoms with E-state index in [4.69, 9.17) is 9.31 Å². The predicted octanol–water partition coefficient (Wildman–Crippen LogP) is 3.08. The first kappa shape index (κ1) is 22.0. The highest BCUT2D eigenvalue weighted by molar-refractivity contribution is 6.62. The average Bonchev–Trinajstić information content (AvgIpc) is 2.97. The zero-order valence-electron chi connectivity index (χ0n) is 18.7. The molecule has 0 spiro atoms. The maximum Gasteiger partial charge on any atom is 0.494 e. The zero-order chi connectivity index (χ0) is 22.2. The molecule has 7 heteroatoms. The molecule has 2 aliphatic heterocycles. The summed E-state index contributed by atoms with van der Waals surface area (Å²) in [5.74, 6) is -0.175. The number of rotatable bonds is 4. The molecule has 2 aliphatic rings. The highest BCUT2D eigenvalue weighted by Gasteiger charge is 2.51. The van der Waals surface area contributed by atoms with Crippen molar-refractivity contribution in [2.75, 3.05) is 26.2 Å². The molecule has 2 saturated heterocycles. The van der Waals surface area contributed by atoms with Crippen molar-refractivity contribution in [1.29, 1.82) is 0 Å². The first-order chi connectivity index (χ1) is 14.6. The summed E-state index contributed by atoms with van der Waals surface area (Å²) in [7, 11) is -0.427. The van der Waals surface area contributed by atoms with E-state index in [1.165, 1.54) is 12.1 Å². The minimum absolute atomic E-state index is 0.0434.